The number of aliphatic imine (C=N–C) groups is 1. The van der Waals surface area contributed by atoms with Gasteiger partial charge in [-0.3, -0.25) is 4.98 Å². The average Bonchev–Trinajstić information content (AvgIpc) is 3.53. The van der Waals surface area contributed by atoms with Crippen molar-refractivity contribution >= 4 is 34.1 Å². The number of benzene rings is 1. The van der Waals surface area contributed by atoms with Crippen molar-refractivity contribution in [2.75, 3.05) is 20.7 Å². The predicted octanol–water partition coefficient (Wildman–Crippen LogP) is 4.01. The van der Waals surface area contributed by atoms with E-state index in [-0.39, 0.29) is 18.3 Å². The maximum Gasteiger partial charge on any atom is 0.166 e. The van der Waals surface area contributed by atoms with Crippen LogP contribution in [0, 0.1) is 6.92 Å². The summed E-state index contributed by atoms with van der Waals surface area (Å²) in [6.07, 6.45) is 5.54. The van der Waals surface area contributed by atoms with E-state index in [2.05, 4.69) is 19.9 Å². The highest BCUT2D eigenvalue weighted by Gasteiger charge is 2.56. The van der Waals surface area contributed by atoms with Gasteiger partial charge in [-0.1, -0.05) is 6.07 Å². The highest BCUT2D eigenvalue weighted by Crippen LogP contribution is 2.44. The summed E-state index contributed by atoms with van der Waals surface area (Å²) in [5.74, 6) is 0.629. The van der Waals surface area contributed by atoms with Crippen molar-refractivity contribution in [3.05, 3.63) is 54.6 Å². The van der Waals surface area contributed by atoms with Crippen LogP contribution < -0.4 is 4.74 Å². The lowest BCUT2D eigenvalue weighted by Crippen LogP contribution is -2.34. The molecule has 2 fully saturated rings. The number of fused-ring (bicyclic) bond motifs is 3. The van der Waals surface area contributed by atoms with E-state index in [0.717, 1.165) is 33.2 Å². The lowest BCUT2D eigenvalue weighted by Gasteiger charge is -2.25. The average molecular weight is 503 g/mol. The van der Waals surface area contributed by atoms with Crippen LogP contribution in [-0.4, -0.2) is 75.6 Å². The molecule has 0 aliphatic carbocycles. The molecule has 2 aliphatic rings. The Morgan fingerprint density at radius 2 is 1.95 bits per heavy atom. The van der Waals surface area contributed by atoms with Crippen molar-refractivity contribution in [3.63, 3.8) is 0 Å². The third-order valence-electron chi connectivity index (χ3n) is 6.68. The number of hydrogen-bond acceptors (Lipinski definition) is 8. The van der Waals surface area contributed by atoms with Crippen LogP contribution in [0.3, 0.4) is 0 Å². The Morgan fingerprint density at radius 1 is 1.11 bits per heavy atom. The third-order valence-corrected chi connectivity index (χ3v) is 6.68. The summed E-state index contributed by atoms with van der Waals surface area (Å²) in [7, 11) is 3.83. The maximum atomic E-state index is 6.53. The number of ether oxygens (including phenoxy) is 4. The fourth-order valence-electron chi connectivity index (χ4n) is 5.05. The smallest absolute Gasteiger partial charge is 0.166 e. The Bertz CT molecular complexity index is 1480. The summed E-state index contributed by atoms with van der Waals surface area (Å²) in [5.41, 5.74) is 2.64. The Kier molecular flexibility index (Phi) is 5.82. The zero-order valence-electron chi connectivity index (χ0n) is 21.5. The van der Waals surface area contributed by atoms with Gasteiger partial charge in [-0.05, 0) is 45.0 Å². The van der Waals surface area contributed by atoms with Gasteiger partial charge in [0, 0.05) is 37.4 Å². The van der Waals surface area contributed by atoms with Crippen molar-refractivity contribution in [3.8, 4) is 5.75 Å². The molecule has 192 valence electrons. The van der Waals surface area contributed by atoms with Gasteiger partial charge < -0.3 is 28.4 Å². The normalized spacial score (nSPS) is 24.8. The molecule has 0 amide bonds. The highest BCUT2D eigenvalue weighted by atomic mass is 16.8. The number of aryl methyl sites for hydroxylation is 1. The van der Waals surface area contributed by atoms with Crippen LogP contribution in [0.5, 0.6) is 5.75 Å². The second-order valence-corrected chi connectivity index (χ2v) is 10.1. The Hall–Kier alpha value is -3.60. The van der Waals surface area contributed by atoms with Gasteiger partial charge in [0.2, 0.25) is 0 Å². The minimum Gasteiger partial charge on any atom is -0.490 e. The Morgan fingerprint density at radius 3 is 2.78 bits per heavy atom. The van der Waals surface area contributed by atoms with Gasteiger partial charge in [0.15, 0.2) is 17.8 Å². The number of rotatable bonds is 6. The number of aromatic nitrogens is 4. The summed E-state index contributed by atoms with van der Waals surface area (Å²) in [6, 6.07) is 9.92. The highest BCUT2D eigenvalue weighted by molar-refractivity contribution is 5.87. The Balaban J connectivity index is 1.29. The summed E-state index contributed by atoms with van der Waals surface area (Å²) < 4.78 is 27.4. The lowest BCUT2D eigenvalue weighted by atomic mass is 10.1. The van der Waals surface area contributed by atoms with Gasteiger partial charge in [0.05, 0.1) is 17.2 Å². The first-order valence-electron chi connectivity index (χ1n) is 12.3. The van der Waals surface area contributed by atoms with Crippen LogP contribution in [0.15, 0.2) is 54.0 Å². The molecule has 10 nitrogen and oxygen atoms in total. The van der Waals surface area contributed by atoms with E-state index in [1.807, 2.05) is 80.9 Å². The van der Waals surface area contributed by atoms with E-state index in [9.17, 15) is 0 Å². The molecule has 10 heteroatoms. The molecule has 6 rings (SSSR count). The minimum atomic E-state index is -0.739. The van der Waals surface area contributed by atoms with Crippen molar-refractivity contribution in [1.82, 2.24) is 24.4 Å². The van der Waals surface area contributed by atoms with Crippen molar-refractivity contribution in [2.24, 2.45) is 4.99 Å². The molecule has 3 aromatic heterocycles. The minimum absolute atomic E-state index is 0.301. The van der Waals surface area contributed by atoms with Crippen molar-refractivity contribution in [1.29, 1.82) is 0 Å². The topological polar surface area (TPSA) is 96.1 Å². The number of pyridine rings is 1. The summed E-state index contributed by atoms with van der Waals surface area (Å²) in [5, 5.41) is 1.91. The van der Waals surface area contributed by atoms with E-state index >= 15 is 0 Å². The number of nitrogens with zero attached hydrogens (tertiary/aromatic N) is 6. The van der Waals surface area contributed by atoms with Crippen LogP contribution in [-0.2, 0) is 14.2 Å². The van der Waals surface area contributed by atoms with Gasteiger partial charge in [-0.2, -0.15) is 0 Å². The molecule has 37 heavy (non-hydrogen) atoms. The molecule has 2 saturated heterocycles. The first-order chi connectivity index (χ1) is 17.8. The lowest BCUT2D eigenvalue weighted by molar-refractivity contribution is -0.198. The summed E-state index contributed by atoms with van der Waals surface area (Å²) >= 11 is 0. The molecule has 5 heterocycles. The monoisotopic (exact) mass is 502 g/mol. The van der Waals surface area contributed by atoms with E-state index in [1.54, 1.807) is 12.5 Å². The van der Waals surface area contributed by atoms with Gasteiger partial charge in [-0.25, -0.2) is 15.0 Å². The van der Waals surface area contributed by atoms with Crippen molar-refractivity contribution < 1.29 is 18.9 Å². The SMILES string of the molecule is Cc1c(OC[C@H]2O[C@@H](n3ccc4c(N=CN(C)C)ncnc43)[C@@H]3OC(C)(C)O[C@@H]32)ccc2cccnc12. The number of hydrogen-bond donors (Lipinski definition) is 0. The van der Waals surface area contributed by atoms with E-state index in [1.165, 1.54) is 6.33 Å². The third kappa shape index (κ3) is 4.30. The van der Waals surface area contributed by atoms with Gasteiger partial charge >= 0.3 is 0 Å². The van der Waals surface area contributed by atoms with Crippen LogP contribution in [0.2, 0.25) is 0 Å². The first-order valence-corrected chi connectivity index (χ1v) is 12.3. The van der Waals surface area contributed by atoms with Gasteiger partial charge in [0.25, 0.3) is 0 Å². The fourth-order valence-corrected chi connectivity index (χ4v) is 5.05. The van der Waals surface area contributed by atoms with Gasteiger partial charge in [0.1, 0.15) is 42.6 Å². The van der Waals surface area contributed by atoms with Gasteiger partial charge in [-0.15, -0.1) is 0 Å². The molecule has 2 aliphatic heterocycles. The van der Waals surface area contributed by atoms with E-state index in [4.69, 9.17) is 18.9 Å². The molecular formula is C27H30N6O4. The summed E-state index contributed by atoms with van der Waals surface area (Å²) in [6.45, 7) is 6.17. The Labute approximate surface area is 214 Å². The molecule has 0 radical (unpaired) electrons. The molecular weight excluding hydrogens is 472 g/mol. The summed E-state index contributed by atoms with van der Waals surface area (Å²) in [4.78, 5) is 19.7. The molecule has 0 unspecified atom stereocenters. The molecule has 0 spiro atoms. The van der Waals surface area contributed by atoms with Crippen LogP contribution in [0.1, 0.15) is 25.6 Å². The van der Waals surface area contributed by atoms with Crippen LogP contribution >= 0.6 is 0 Å². The molecule has 0 N–H and O–H groups in total. The quantitative estimate of drug-likeness (QED) is 0.288. The zero-order chi connectivity index (χ0) is 25.7. The van der Waals surface area contributed by atoms with Crippen LogP contribution in [0.25, 0.3) is 21.9 Å². The van der Waals surface area contributed by atoms with Crippen LogP contribution in [0.4, 0.5) is 5.82 Å². The second-order valence-electron chi connectivity index (χ2n) is 10.1. The van der Waals surface area contributed by atoms with Crippen molar-refractivity contribution in [2.45, 2.75) is 51.1 Å². The maximum absolute atomic E-state index is 6.53. The van der Waals surface area contributed by atoms with E-state index < -0.39 is 12.0 Å². The molecule has 0 saturated carbocycles. The predicted molar refractivity (Wildman–Crippen MR) is 139 cm³/mol. The second kappa shape index (κ2) is 9.05. The van der Waals surface area contributed by atoms with E-state index in [0.29, 0.717) is 12.4 Å². The molecule has 4 aromatic rings. The fraction of sp³-hybridized carbons (Fsp3) is 0.407. The largest absolute Gasteiger partial charge is 0.490 e. The first kappa shape index (κ1) is 23.8. The molecule has 0 bridgehead atoms. The molecule has 4 atom stereocenters. The standard InChI is InChI=1S/C27H30N6O4/c1-16-19(9-8-17-7-6-11-28-21(16)17)34-13-20-22-23(37-27(2,3)36-22)26(35-20)33-12-10-18-24(31-15-32(4)5)29-14-30-25(18)33/h6-12,14-15,20,22-23,26H,13H2,1-5H3/t20-,22-,23-,26-/m1/s1. The molecule has 1 aromatic carbocycles. The zero-order valence-corrected chi connectivity index (χ0v) is 21.5.